The highest BCUT2D eigenvalue weighted by Gasteiger charge is 2.15. The van der Waals surface area contributed by atoms with E-state index in [2.05, 4.69) is 40.2 Å². The molecule has 1 aromatic carbocycles. The van der Waals surface area contributed by atoms with Gasteiger partial charge < -0.3 is 4.74 Å². The number of alkyl halides is 1. The molecule has 3 heteroatoms. The third kappa shape index (κ3) is 4.91. The van der Waals surface area contributed by atoms with Crippen molar-refractivity contribution in [2.24, 2.45) is 0 Å². The maximum Gasteiger partial charge on any atom is 0.0575 e. The Labute approximate surface area is 123 Å². The molecule has 0 radical (unpaired) electrons. The molecule has 2 unspecified atom stereocenters. The predicted octanol–water partition coefficient (Wildman–Crippen LogP) is 4.95. The molecule has 2 rings (SSSR count). The zero-order valence-corrected chi connectivity index (χ0v) is 12.9. The molecule has 1 saturated heterocycles. The fourth-order valence-corrected chi connectivity index (χ4v) is 2.95. The summed E-state index contributed by atoms with van der Waals surface area (Å²) in [6.45, 7) is 0.935. The lowest BCUT2D eigenvalue weighted by atomic mass is 10.0. The predicted molar refractivity (Wildman–Crippen MR) is 80.3 cm³/mol. The Kier molecular flexibility index (Phi) is 6.00. The molecule has 0 amide bonds. The van der Waals surface area contributed by atoms with Crippen LogP contribution in [-0.2, 0) is 11.2 Å². The molecule has 0 bridgehead atoms. The molecular weight excluding hydrogens is 312 g/mol. The van der Waals surface area contributed by atoms with Crippen molar-refractivity contribution in [3.05, 3.63) is 34.3 Å². The highest BCUT2D eigenvalue weighted by atomic mass is 79.9. The Balaban J connectivity index is 1.71. The van der Waals surface area contributed by atoms with Crippen molar-refractivity contribution in [3.63, 3.8) is 0 Å². The van der Waals surface area contributed by atoms with Gasteiger partial charge in [-0.15, -0.1) is 11.6 Å². The van der Waals surface area contributed by atoms with Gasteiger partial charge in [0.1, 0.15) is 0 Å². The van der Waals surface area contributed by atoms with E-state index in [1.165, 1.54) is 24.8 Å². The van der Waals surface area contributed by atoms with Crippen LogP contribution in [0.15, 0.2) is 28.7 Å². The molecule has 0 saturated carbocycles. The van der Waals surface area contributed by atoms with E-state index >= 15 is 0 Å². The minimum Gasteiger partial charge on any atom is -0.378 e. The first-order valence-electron chi connectivity index (χ1n) is 6.74. The molecule has 0 N–H and O–H groups in total. The van der Waals surface area contributed by atoms with Gasteiger partial charge in [-0.25, -0.2) is 0 Å². The van der Waals surface area contributed by atoms with Crippen LogP contribution in [-0.4, -0.2) is 18.1 Å². The van der Waals surface area contributed by atoms with Crippen LogP contribution in [0.2, 0.25) is 0 Å². The number of halogens is 2. The van der Waals surface area contributed by atoms with Crippen LogP contribution in [0.4, 0.5) is 0 Å². The van der Waals surface area contributed by atoms with Crippen LogP contribution in [0.1, 0.15) is 37.7 Å². The van der Waals surface area contributed by atoms with E-state index in [0.717, 1.165) is 30.3 Å². The summed E-state index contributed by atoms with van der Waals surface area (Å²) >= 11 is 9.85. The summed E-state index contributed by atoms with van der Waals surface area (Å²) in [6, 6.07) is 8.42. The van der Waals surface area contributed by atoms with Crippen LogP contribution in [0.3, 0.4) is 0 Å². The maximum absolute atomic E-state index is 6.41. The largest absolute Gasteiger partial charge is 0.378 e. The van der Waals surface area contributed by atoms with Gasteiger partial charge in [0, 0.05) is 16.5 Å². The summed E-state index contributed by atoms with van der Waals surface area (Å²) in [5.41, 5.74) is 1.31. The first kappa shape index (κ1) is 14.4. The van der Waals surface area contributed by atoms with Gasteiger partial charge >= 0.3 is 0 Å². The normalized spacial score (nSPS) is 21.8. The minimum atomic E-state index is 0.219. The molecule has 0 spiro atoms. The smallest absolute Gasteiger partial charge is 0.0575 e. The van der Waals surface area contributed by atoms with Crippen LogP contribution in [0.5, 0.6) is 0 Å². The minimum absolute atomic E-state index is 0.219. The average Bonchev–Trinajstić information content (AvgIpc) is 2.40. The first-order valence-corrected chi connectivity index (χ1v) is 7.97. The van der Waals surface area contributed by atoms with Gasteiger partial charge in [0.15, 0.2) is 0 Å². The van der Waals surface area contributed by atoms with E-state index in [9.17, 15) is 0 Å². The second-order valence-electron chi connectivity index (χ2n) is 4.99. The quantitative estimate of drug-likeness (QED) is 0.694. The maximum atomic E-state index is 6.41. The van der Waals surface area contributed by atoms with Crippen molar-refractivity contribution in [1.29, 1.82) is 0 Å². The fraction of sp³-hybridized carbons (Fsp3) is 0.600. The number of benzene rings is 1. The highest BCUT2D eigenvalue weighted by molar-refractivity contribution is 9.10. The molecule has 1 aromatic rings. The van der Waals surface area contributed by atoms with Gasteiger partial charge in [0.05, 0.1) is 6.10 Å². The summed E-state index contributed by atoms with van der Waals surface area (Å²) in [5, 5.41) is 0.219. The van der Waals surface area contributed by atoms with E-state index in [4.69, 9.17) is 16.3 Å². The standard InChI is InChI=1S/C15H20BrClO/c16-13-6-4-12(5-7-13)11-14(17)8-9-15-3-1-2-10-18-15/h4-7,14-15H,1-3,8-11H2. The summed E-state index contributed by atoms with van der Waals surface area (Å²) in [5.74, 6) is 0. The van der Waals surface area contributed by atoms with Gasteiger partial charge in [0.25, 0.3) is 0 Å². The summed E-state index contributed by atoms with van der Waals surface area (Å²) < 4.78 is 6.85. The molecule has 100 valence electrons. The van der Waals surface area contributed by atoms with Crippen LogP contribution < -0.4 is 0 Å². The molecule has 0 aromatic heterocycles. The third-order valence-electron chi connectivity index (χ3n) is 3.45. The van der Waals surface area contributed by atoms with Crippen molar-refractivity contribution < 1.29 is 4.74 Å². The van der Waals surface area contributed by atoms with Crippen LogP contribution in [0, 0.1) is 0 Å². The molecule has 1 nitrogen and oxygen atoms in total. The zero-order chi connectivity index (χ0) is 12.8. The summed E-state index contributed by atoms with van der Waals surface area (Å²) in [7, 11) is 0. The van der Waals surface area contributed by atoms with E-state index in [1.807, 2.05) is 0 Å². The summed E-state index contributed by atoms with van der Waals surface area (Å²) in [6.07, 6.45) is 7.28. The topological polar surface area (TPSA) is 9.23 Å². The highest BCUT2D eigenvalue weighted by Crippen LogP contribution is 2.21. The second kappa shape index (κ2) is 7.52. The summed E-state index contributed by atoms with van der Waals surface area (Å²) in [4.78, 5) is 0. The zero-order valence-electron chi connectivity index (χ0n) is 10.6. The van der Waals surface area contributed by atoms with Crippen molar-refractivity contribution in [2.45, 2.75) is 50.0 Å². The van der Waals surface area contributed by atoms with Gasteiger partial charge in [0.2, 0.25) is 0 Å². The van der Waals surface area contributed by atoms with Crippen molar-refractivity contribution in [2.75, 3.05) is 6.61 Å². The monoisotopic (exact) mass is 330 g/mol. The lowest BCUT2D eigenvalue weighted by molar-refractivity contribution is 0.0100. The molecule has 1 aliphatic heterocycles. The molecule has 1 fully saturated rings. The average molecular weight is 332 g/mol. The van der Waals surface area contributed by atoms with E-state index in [1.54, 1.807) is 0 Å². The molecular formula is C15H20BrClO. The van der Waals surface area contributed by atoms with E-state index in [-0.39, 0.29) is 5.38 Å². The van der Waals surface area contributed by atoms with Crippen LogP contribution in [0.25, 0.3) is 0 Å². The van der Waals surface area contributed by atoms with Crippen molar-refractivity contribution in [3.8, 4) is 0 Å². The third-order valence-corrected chi connectivity index (χ3v) is 4.35. The van der Waals surface area contributed by atoms with Gasteiger partial charge in [-0.1, -0.05) is 28.1 Å². The lowest BCUT2D eigenvalue weighted by Crippen LogP contribution is -2.20. The van der Waals surface area contributed by atoms with E-state index < -0.39 is 0 Å². The molecule has 18 heavy (non-hydrogen) atoms. The second-order valence-corrected chi connectivity index (χ2v) is 6.53. The number of ether oxygens (including phenoxy) is 1. The van der Waals surface area contributed by atoms with Gasteiger partial charge in [-0.3, -0.25) is 0 Å². The molecule has 1 aliphatic rings. The number of hydrogen-bond donors (Lipinski definition) is 0. The Morgan fingerprint density at radius 3 is 2.72 bits per heavy atom. The van der Waals surface area contributed by atoms with E-state index in [0.29, 0.717) is 6.10 Å². The number of rotatable bonds is 5. The van der Waals surface area contributed by atoms with Crippen molar-refractivity contribution >= 4 is 27.5 Å². The van der Waals surface area contributed by atoms with Gasteiger partial charge in [-0.2, -0.15) is 0 Å². The Morgan fingerprint density at radius 2 is 2.06 bits per heavy atom. The molecule has 0 aliphatic carbocycles. The molecule has 2 atom stereocenters. The Morgan fingerprint density at radius 1 is 1.28 bits per heavy atom. The SMILES string of the molecule is ClC(CCC1CCCCO1)Cc1ccc(Br)cc1. The Hall–Kier alpha value is -0.0500. The van der Waals surface area contributed by atoms with Gasteiger partial charge in [-0.05, 0) is 56.2 Å². The fourth-order valence-electron chi connectivity index (χ4n) is 2.38. The number of hydrogen-bond acceptors (Lipinski definition) is 1. The van der Waals surface area contributed by atoms with Crippen LogP contribution >= 0.6 is 27.5 Å². The first-order chi connectivity index (χ1) is 8.74. The van der Waals surface area contributed by atoms with Crippen molar-refractivity contribution in [1.82, 2.24) is 0 Å². The molecule has 1 heterocycles. The lowest BCUT2D eigenvalue weighted by Gasteiger charge is -2.23. The Bertz CT molecular complexity index is 346.